The minimum absolute atomic E-state index is 0.0404. The smallest absolute Gasteiger partial charge is 0.225 e. The van der Waals surface area contributed by atoms with Crippen molar-refractivity contribution in [1.82, 2.24) is 0 Å². The zero-order chi connectivity index (χ0) is 13.1. The van der Waals surface area contributed by atoms with Gasteiger partial charge >= 0.3 is 0 Å². The predicted octanol–water partition coefficient (Wildman–Crippen LogP) is 2.65. The molecule has 1 amide bonds. The van der Waals surface area contributed by atoms with E-state index in [-0.39, 0.29) is 11.3 Å². The Bertz CT molecular complexity index is 408. The molecular formula is C13H20N2O2. The largest absolute Gasteiger partial charge is 0.495 e. The third-order valence-electron chi connectivity index (χ3n) is 2.19. The highest BCUT2D eigenvalue weighted by Gasteiger charge is 2.17. The molecule has 0 spiro atoms. The van der Waals surface area contributed by atoms with Crippen molar-refractivity contribution < 1.29 is 9.53 Å². The monoisotopic (exact) mass is 236 g/mol. The summed E-state index contributed by atoms with van der Waals surface area (Å²) in [7, 11) is 1.56. The van der Waals surface area contributed by atoms with Gasteiger partial charge in [0.05, 0.1) is 12.8 Å². The van der Waals surface area contributed by atoms with Crippen molar-refractivity contribution in [2.75, 3.05) is 18.2 Å². The number of ether oxygens (including phenoxy) is 1. The molecule has 0 aliphatic carbocycles. The van der Waals surface area contributed by atoms with Crippen LogP contribution in [0.3, 0.4) is 0 Å². The van der Waals surface area contributed by atoms with Crippen molar-refractivity contribution in [2.24, 2.45) is 5.41 Å². The van der Waals surface area contributed by atoms with Crippen molar-refractivity contribution in [3.8, 4) is 5.75 Å². The second-order valence-corrected chi connectivity index (χ2v) is 5.25. The normalized spacial score (nSPS) is 11.1. The van der Waals surface area contributed by atoms with E-state index in [9.17, 15) is 4.79 Å². The first-order valence-corrected chi connectivity index (χ1v) is 5.55. The summed E-state index contributed by atoms with van der Waals surface area (Å²) < 4.78 is 5.16. The number of amides is 1. The molecule has 1 aromatic carbocycles. The SMILES string of the molecule is COc1ccc(N)cc1NC(=O)CC(C)(C)C. The van der Waals surface area contributed by atoms with E-state index < -0.39 is 0 Å². The lowest BCUT2D eigenvalue weighted by atomic mass is 9.92. The average molecular weight is 236 g/mol. The maximum atomic E-state index is 11.8. The lowest BCUT2D eigenvalue weighted by molar-refractivity contribution is -0.117. The van der Waals surface area contributed by atoms with Gasteiger partial charge in [0.25, 0.3) is 0 Å². The first-order chi connectivity index (χ1) is 7.81. The van der Waals surface area contributed by atoms with Gasteiger partial charge in [0.1, 0.15) is 5.75 Å². The van der Waals surface area contributed by atoms with Crippen LogP contribution in [0.5, 0.6) is 5.75 Å². The molecule has 1 rings (SSSR count). The number of nitrogen functional groups attached to an aromatic ring is 1. The maximum Gasteiger partial charge on any atom is 0.225 e. The molecule has 1 aromatic rings. The van der Waals surface area contributed by atoms with E-state index in [4.69, 9.17) is 10.5 Å². The van der Waals surface area contributed by atoms with E-state index in [0.29, 0.717) is 23.5 Å². The molecular weight excluding hydrogens is 216 g/mol. The summed E-state index contributed by atoms with van der Waals surface area (Å²) in [4.78, 5) is 11.8. The number of rotatable bonds is 3. The molecule has 0 aliphatic rings. The summed E-state index contributed by atoms with van der Waals surface area (Å²) in [5, 5.41) is 2.81. The number of methoxy groups -OCH3 is 1. The van der Waals surface area contributed by atoms with Crippen LogP contribution in [0.4, 0.5) is 11.4 Å². The number of nitrogens with two attached hydrogens (primary N) is 1. The van der Waals surface area contributed by atoms with E-state index in [1.165, 1.54) is 0 Å². The molecule has 0 aromatic heterocycles. The highest BCUT2D eigenvalue weighted by molar-refractivity contribution is 5.93. The van der Waals surface area contributed by atoms with E-state index >= 15 is 0 Å². The van der Waals surface area contributed by atoms with Crippen molar-refractivity contribution in [1.29, 1.82) is 0 Å². The zero-order valence-corrected chi connectivity index (χ0v) is 10.8. The van der Waals surface area contributed by atoms with E-state index in [1.807, 2.05) is 20.8 Å². The molecule has 0 aliphatic heterocycles. The molecule has 4 heteroatoms. The third kappa shape index (κ3) is 4.34. The van der Waals surface area contributed by atoms with Gasteiger partial charge in [-0.25, -0.2) is 0 Å². The Morgan fingerprint density at radius 2 is 2.06 bits per heavy atom. The second kappa shape index (κ2) is 5.08. The third-order valence-corrected chi connectivity index (χ3v) is 2.19. The van der Waals surface area contributed by atoms with Crippen LogP contribution in [0.1, 0.15) is 27.2 Å². The van der Waals surface area contributed by atoms with Crippen LogP contribution in [0.2, 0.25) is 0 Å². The van der Waals surface area contributed by atoms with Gasteiger partial charge in [0, 0.05) is 12.1 Å². The molecule has 0 heterocycles. The fourth-order valence-electron chi connectivity index (χ4n) is 1.50. The predicted molar refractivity (Wildman–Crippen MR) is 70.1 cm³/mol. The maximum absolute atomic E-state index is 11.8. The summed E-state index contributed by atoms with van der Waals surface area (Å²) in [5.74, 6) is 0.572. The lowest BCUT2D eigenvalue weighted by Crippen LogP contribution is -2.20. The van der Waals surface area contributed by atoms with Gasteiger partial charge in [-0.05, 0) is 23.6 Å². The van der Waals surface area contributed by atoms with Crippen molar-refractivity contribution in [3.05, 3.63) is 18.2 Å². The lowest BCUT2D eigenvalue weighted by Gasteiger charge is -2.18. The molecule has 0 radical (unpaired) electrons. The summed E-state index contributed by atoms with van der Waals surface area (Å²) in [6.45, 7) is 6.05. The number of benzene rings is 1. The van der Waals surface area contributed by atoms with Crippen LogP contribution in [-0.2, 0) is 4.79 Å². The van der Waals surface area contributed by atoms with Crippen LogP contribution in [-0.4, -0.2) is 13.0 Å². The summed E-state index contributed by atoms with van der Waals surface area (Å²) in [6.07, 6.45) is 0.449. The molecule has 0 unspecified atom stereocenters. The number of hydrogen-bond acceptors (Lipinski definition) is 3. The fourth-order valence-corrected chi connectivity index (χ4v) is 1.50. The highest BCUT2D eigenvalue weighted by atomic mass is 16.5. The summed E-state index contributed by atoms with van der Waals surface area (Å²) in [6, 6.07) is 5.17. The van der Waals surface area contributed by atoms with Gasteiger partial charge in [0.15, 0.2) is 0 Å². The number of carbonyl (C=O) groups excluding carboxylic acids is 1. The number of anilines is 2. The van der Waals surface area contributed by atoms with Crippen molar-refractivity contribution in [2.45, 2.75) is 27.2 Å². The molecule has 94 valence electrons. The summed E-state index contributed by atoms with van der Waals surface area (Å²) >= 11 is 0. The Hall–Kier alpha value is -1.71. The Labute approximate surface area is 102 Å². The van der Waals surface area contributed by atoms with E-state index in [1.54, 1.807) is 25.3 Å². The first-order valence-electron chi connectivity index (χ1n) is 5.55. The summed E-state index contributed by atoms with van der Waals surface area (Å²) in [5.41, 5.74) is 6.84. The van der Waals surface area contributed by atoms with Gasteiger partial charge in [0.2, 0.25) is 5.91 Å². The molecule has 0 saturated heterocycles. The van der Waals surface area contributed by atoms with Crippen molar-refractivity contribution >= 4 is 17.3 Å². The topological polar surface area (TPSA) is 64.3 Å². The van der Waals surface area contributed by atoms with Crippen LogP contribution in [0.15, 0.2) is 18.2 Å². The molecule has 3 N–H and O–H groups in total. The van der Waals surface area contributed by atoms with Gasteiger partial charge in [-0.1, -0.05) is 20.8 Å². The number of carbonyl (C=O) groups is 1. The second-order valence-electron chi connectivity index (χ2n) is 5.25. The zero-order valence-electron chi connectivity index (χ0n) is 10.8. The highest BCUT2D eigenvalue weighted by Crippen LogP contribution is 2.27. The van der Waals surface area contributed by atoms with E-state index in [2.05, 4.69) is 5.32 Å². The van der Waals surface area contributed by atoms with Crippen LogP contribution >= 0.6 is 0 Å². The molecule has 17 heavy (non-hydrogen) atoms. The van der Waals surface area contributed by atoms with Crippen LogP contribution in [0.25, 0.3) is 0 Å². The first kappa shape index (κ1) is 13.4. The van der Waals surface area contributed by atoms with Gasteiger partial charge < -0.3 is 15.8 Å². The van der Waals surface area contributed by atoms with Crippen LogP contribution in [0, 0.1) is 5.41 Å². The molecule has 4 nitrogen and oxygen atoms in total. The molecule has 0 saturated carbocycles. The average Bonchev–Trinajstić information content (AvgIpc) is 2.14. The minimum Gasteiger partial charge on any atom is -0.495 e. The molecule has 0 atom stereocenters. The molecule has 0 fully saturated rings. The quantitative estimate of drug-likeness (QED) is 0.793. The van der Waals surface area contributed by atoms with Gasteiger partial charge in [-0.15, -0.1) is 0 Å². The van der Waals surface area contributed by atoms with E-state index in [0.717, 1.165) is 0 Å². The van der Waals surface area contributed by atoms with Crippen LogP contribution < -0.4 is 15.8 Å². The Morgan fingerprint density at radius 1 is 1.41 bits per heavy atom. The van der Waals surface area contributed by atoms with Crippen molar-refractivity contribution in [3.63, 3.8) is 0 Å². The number of nitrogens with one attached hydrogen (secondary N) is 1. The Kier molecular flexibility index (Phi) is 3.99. The number of hydrogen-bond donors (Lipinski definition) is 2. The van der Waals surface area contributed by atoms with Gasteiger partial charge in [-0.2, -0.15) is 0 Å². The Balaban J connectivity index is 2.80. The Morgan fingerprint density at radius 3 is 2.59 bits per heavy atom. The van der Waals surface area contributed by atoms with Gasteiger partial charge in [-0.3, -0.25) is 4.79 Å². The minimum atomic E-state index is -0.0440. The fraction of sp³-hybridized carbons (Fsp3) is 0.462. The standard InChI is InChI=1S/C13H20N2O2/c1-13(2,3)8-12(16)15-10-7-9(14)5-6-11(10)17-4/h5-7H,8,14H2,1-4H3,(H,15,16). The molecule has 0 bridgehead atoms.